The summed E-state index contributed by atoms with van der Waals surface area (Å²) < 4.78 is 5.12. The zero-order valence-corrected chi connectivity index (χ0v) is 8.80. The van der Waals surface area contributed by atoms with E-state index in [1.165, 1.54) is 19.1 Å². The van der Waals surface area contributed by atoms with Gasteiger partial charge < -0.3 is 14.9 Å². The highest BCUT2D eigenvalue weighted by atomic mass is 16.6. The van der Waals surface area contributed by atoms with Crippen LogP contribution in [0, 0.1) is 0 Å². The Morgan fingerprint density at radius 3 is 2.94 bits per heavy atom. The first kappa shape index (κ1) is 10.9. The molecule has 1 aliphatic rings. The largest absolute Gasteiger partial charge is 0.508 e. The first-order valence-electron chi connectivity index (χ1n) is 4.90. The number of carbonyl (C=O) groups excluding carboxylic acids is 1. The number of phenols is 1. The van der Waals surface area contributed by atoms with E-state index in [9.17, 15) is 15.0 Å². The molecule has 0 radical (unpaired) electrons. The molecule has 0 saturated heterocycles. The molecular formula is C12H12O4. The fourth-order valence-corrected chi connectivity index (χ4v) is 1.56. The van der Waals surface area contributed by atoms with Crippen molar-refractivity contribution in [3.63, 3.8) is 0 Å². The summed E-state index contributed by atoms with van der Waals surface area (Å²) in [6.45, 7) is 1.24. The van der Waals surface area contributed by atoms with E-state index < -0.39 is 11.6 Å². The zero-order valence-electron chi connectivity index (χ0n) is 8.80. The molecule has 0 amide bonds. The predicted molar refractivity (Wildman–Crippen MR) is 57.6 cm³/mol. The van der Waals surface area contributed by atoms with E-state index in [-0.39, 0.29) is 12.4 Å². The van der Waals surface area contributed by atoms with Gasteiger partial charge in [-0.15, -0.1) is 0 Å². The third-order valence-corrected chi connectivity index (χ3v) is 2.62. The first-order chi connectivity index (χ1) is 7.53. The van der Waals surface area contributed by atoms with Crippen LogP contribution in [-0.4, -0.2) is 21.8 Å². The fraction of sp³-hybridized carbons (Fsp3) is 0.250. The molecule has 16 heavy (non-hydrogen) atoms. The lowest BCUT2D eigenvalue weighted by Crippen LogP contribution is -2.37. The van der Waals surface area contributed by atoms with E-state index in [0.717, 1.165) is 5.56 Å². The summed E-state index contributed by atoms with van der Waals surface area (Å²) >= 11 is 0. The minimum atomic E-state index is -1.90. The molecule has 2 N–H and O–H groups in total. The lowest BCUT2D eigenvalue weighted by molar-refractivity contribution is -0.185. The van der Waals surface area contributed by atoms with Gasteiger partial charge in [-0.05, 0) is 17.7 Å². The lowest BCUT2D eigenvalue weighted by atomic mass is 10.1. The molecule has 4 nitrogen and oxygen atoms in total. The number of hydrogen-bond acceptors (Lipinski definition) is 4. The van der Waals surface area contributed by atoms with E-state index in [2.05, 4.69) is 0 Å². The highest BCUT2D eigenvalue weighted by Crippen LogP contribution is 2.29. The van der Waals surface area contributed by atoms with Gasteiger partial charge in [0.1, 0.15) is 5.75 Å². The van der Waals surface area contributed by atoms with Crippen molar-refractivity contribution >= 4 is 11.9 Å². The van der Waals surface area contributed by atoms with Crippen LogP contribution >= 0.6 is 0 Å². The quantitative estimate of drug-likeness (QED) is 0.746. The average molecular weight is 220 g/mol. The second-order valence-corrected chi connectivity index (χ2v) is 3.72. The van der Waals surface area contributed by atoms with Gasteiger partial charge in [-0.1, -0.05) is 18.2 Å². The highest BCUT2D eigenvalue weighted by molar-refractivity contribution is 5.86. The third kappa shape index (κ3) is 1.73. The summed E-state index contributed by atoms with van der Waals surface area (Å²) in [6, 6.07) is 5.01. The van der Waals surface area contributed by atoms with Crippen molar-refractivity contribution in [1.29, 1.82) is 0 Å². The maximum atomic E-state index is 11.2. The maximum Gasteiger partial charge on any atom is 0.247 e. The molecule has 4 heteroatoms. The Morgan fingerprint density at radius 2 is 2.25 bits per heavy atom. The van der Waals surface area contributed by atoms with Crippen LogP contribution in [0.2, 0.25) is 0 Å². The summed E-state index contributed by atoms with van der Waals surface area (Å²) in [5, 5.41) is 19.5. The summed E-state index contributed by atoms with van der Waals surface area (Å²) in [5.74, 6) is -2.29. The minimum Gasteiger partial charge on any atom is -0.508 e. The van der Waals surface area contributed by atoms with Gasteiger partial charge in [0.25, 0.3) is 0 Å². The number of rotatable bonds is 1. The number of carbonyl (C=O) groups is 1. The molecule has 1 aromatic rings. The second-order valence-electron chi connectivity index (χ2n) is 3.72. The first-order valence-corrected chi connectivity index (χ1v) is 4.90. The van der Waals surface area contributed by atoms with Crippen LogP contribution in [0.5, 0.6) is 5.75 Å². The summed E-state index contributed by atoms with van der Waals surface area (Å²) in [4.78, 5) is 11.2. The van der Waals surface area contributed by atoms with Gasteiger partial charge >= 0.3 is 0 Å². The zero-order chi connectivity index (χ0) is 11.8. The van der Waals surface area contributed by atoms with Crippen molar-refractivity contribution in [1.82, 2.24) is 0 Å². The Kier molecular flexibility index (Phi) is 2.53. The van der Waals surface area contributed by atoms with E-state index in [1.807, 2.05) is 0 Å². The number of ether oxygens (including phenoxy) is 1. The van der Waals surface area contributed by atoms with Crippen LogP contribution in [-0.2, 0) is 16.1 Å². The van der Waals surface area contributed by atoms with Gasteiger partial charge in [0, 0.05) is 12.5 Å². The molecule has 0 bridgehead atoms. The van der Waals surface area contributed by atoms with Crippen molar-refractivity contribution in [2.45, 2.75) is 19.3 Å². The number of benzene rings is 1. The number of fused-ring (bicyclic) bond motifs is 1. The molecule has 1 atom stereocenters. The van der Waals surface area contributed by atoms with Gasteiger partial charge in [0.2, 0.25) is 5.79 Å². The molecule has 0 saturated carbocycles. The molecule has 1 aliphatic heterocycles. The Hall–Kier alpha value is -1.65. The highest BCUT2D eigenvalue weighted by Gasteiger charge is 2.32. The van der Waals surface area contributed by atoms with Crippen LogP contribution in [0.3, 0.4) is 0 Å². The molecule has 0 aliphatic carbocycles. The summed E-state index contributed by atoms with van der Waals surface area (Å²) in [5.41, 5.74) is 1.30. The molecule has 0 aromatic heterocycles. The number of Topliss-reactive ketones (excluding diaryl/α,β-unsaturated/α-hetero) is 1. The van der Waals surface area contributed by atoms with Crippen LogP contribution in [0.15, 0.2) is 24.3 Å². The summed E-state index contributed by atoms with van der Waals surface area (Å²) in [6.07, 6.45) is 2.87. The molecule has 0 spiro atoms. The number of phenolic OH excluding ortho intramolecular Hbond substituents is 1. The fourth-order valence-electron chi connectivity index (χ4n) is 1.56. The standard InChI is InChI=1S/C12H12O4/c1-8(13)12(15)6-5-9-3-2-4-11(14)10(9)7-16-12/h2-6,14-15H,7H2,1H3. The Bertz CT molecular complexity index is 464. The number of ketones is 1. The average Bonchev–Trinajstić information content (AvgIpc) is 2.41. The Morgan fingerprint density at radius 1 is 1.50 bits per heavy atom. The van der Waals surface area contributed by atoms with Gasteiger partial charge in [-0.25, -0.2) is 0 Å². The van der Waals surface area contributed by atoms with Crippen LogP contribution in [0.25, 0.3) is 6.08 Å². The van der Waals surface area contributed by atoms with E-state index in [1.54, 1.807) is 18.2 Å². The van der Waals surface area contributed by atoms with Crippen LogP contribution < -0.4 is 0 Å². The van der Waals surface area contributed by atoms with Crippen molar-refractivity contribution in [3.8, 4) is 5.75 Å². The molecule has 1 unspecified atom stereocenters. The van der Waals surface area contributed by atoms with E-state index in [0.29, 0.717) is 5.56 Å². The van der Waals surface area contributed by atoms with Crippen LogP contribution in [0.1, 0.15) is 18.1 Å². The SMILES string of the molecule is CC(=O)C1(O)C=Cc2cccc(O)c2CO1. The molecule has 2 rings (SSSR count). The number of hydrogen-bond donors (Lipinski definition) is 2. The van der Waals surface area contributed by atoms with Crippen molar-refractivity contribution in [2.75, 3.05) is 0 Å². The Balaban J connectivity index is 2.43. The van der Waals surface area contributed by atoms with Gasteiger partial charge in [-0.3, -0.25) is 4.79 Å². The number of aliphatic hydroxyl groups is 1. The smallest absolute Gasteiger partial charge is 0.247 e. The Labute approximate surface area is 92.8 Å². The molecule has 1 aromatic carbocycles. The normalized spacial score (nSPS) is 23.6. The molecule has 1 heterocycles. The van der Waals surface area contributed by atoms with Gasteiger partial charge in [0.15, 0.2) is 5.78 Å². The summed E-state index contributed by atoms with van der Waals surface area (Å²) in [7, 11) is 0. The maximum absolute atomic E-state index is 11.2. The van der Waals surface area contributed by atoms with E-state index >= 15 is 0 Å². The van der Waals surface area contributed by atoms with Gasteiger partial charge in [-0.2, -0.15) is 0 Å². The molecule has 84 valence electrons. The van der Waals surface area contributed by atoms with Crippen LogP contribution in [0.4, 0.5) is 0 Å². The number of aromatic hydroxyl groups is 1. The topological polar surface area (TPSA) is 66.8 Å². The third-order valence-electron chi connectivity index (χ3n) is 2.62. The van der Waals surface area contributed by atoms with E-state index in [4.69, 9.17) is 4.74 Å². The predicted octanol–water partition coefficient (Wildman–Crippen LogP) is 1.21. The minimum absolute atomic E-state index is 0.00884. The lowest BCUT2D eigenvalue weighted by Gasteiger charge is -2.20. The van der Waals surface area contributed by atoms with Gasteiger partial charge in [0.05, 0.1) is 6.61 Å². The van der Waals surface area contributed by atoms with Crippen molar-refractivity contribution < 1.29 is 19.7 Å². The second kappa shape index (κ2) is 3.73. The van der Waals surface area contributed by atoms with Crippen molar-refractivity contribution in [2.24, 2.45) is 0 Å². The monoisotopic (exact) mass is 220 g/mol. The molecule has 0 fully saturated rings. The molecular weight excluding hydrogens is 208 g/mol. The van der Waals surface area contributed by atoms with Crippen molar-refractivity contribution in [3.05, 3.63) is 35.4 Å².